The van der Waals surface area contributed by atoms with Crippen LogP contribution in [0.3, 0.4) is 0 Å². The van der Waals surface area contributed by atoms with E-state index in [1.165, 1.54) is 16.7 Å². The molecule has 0 bridgehead atoms. The normalized spacial score (nSPS) is 14.2. The number of carbonyl (C=O) groups excluding carboxylic acids is 1. The van der Waals surface area contributed by atoms with Gasteiger partial charge in [-0.3, -0.25) is 4.79 Å². The standard InChI is InChI=1S/C18H18BrNO/c1-13-5-6-17-15(11-13)8-10-20(18(17)21)9-7-14-3-2-4-16(19)12-14/h2-6,11-12H,7-10H2,1H3. The van der Waals surface area contributed by atoms with Crippen molar-refractivity contribution in [2.75, 3.05) is 13.1 Å². The Bertz CT molecular complexity index is 681. The molecule has 1 aliphatic heterocycles. The first kappa shape index (κ1) is 14.3. The van der Waals surface area contributed by atoms with Gasteiger partial charge in [-0.05, 0) is 49.1 Å². The molecule has 0 unspecified atom stereocenters. The number of aryl methyl sites for hydroxylation is 1. The Hall–Kier alpha value is -1.61. The van der Waals surface area contributed by atoms with E-state index < -0.39 is 0 Å². The molecule has 0 spiro atoms. The van der Waals surface area contributed by atoms with E-state index in [-0.39, 0.29) is 5.91 Å². The average Bonchev–Trinajstić information content (AvgIpc) is 2.46. The van der Waals surface area contributed by atoms with E-state index in [9.17, 15) is 4.79 Å². The van der Waals surface area contributed by atoms with Crippen molar-refractivity contribution >= 4 is 21.8 Å². The maximum absolute atomic E-state index is 12.5. The number of rotatable bonds is 3. The summed E-state index contributed by atoms with van der Waals surface area (Å²) >= 11 is 3.49. The molecule has 3 rings (SSSR count). The predicted molar refractivity (Wildman–Crippen MR) is 88.6 cm³/mol. The van der Waals surface area contributed by atoms with Crippen molar-refractivity contribution in [3.8, 4) is 0 Å². The molecule has 2 aromatic rings. The number of hydrogen-bond donors (Lipinski definition) is 0. The van der Waals surface area contributed by atoms with E-state index >= 15 is 0 Å². The van der Waals surface area contributed by atoms with Crippen LogP contribution in [0.4, 0.5) is 0 Å². The maximum Gasteiger partial charge on any atom is 0.254 e. The van der Waals surface area contributed by atoms with Gasteiger partial charge < -0.3 is 4.90 Å². The summed E-state index contributed by atoms with van der Waals surface area (Å²) in [6.07, 6.45) is 1.85. The molecule has 0 radical (unpaired) electrons. The molecule has 2 aromatic carbocycles. The highest BCUT2D eigenvalue weighted by molar-refractivity contribution is 9.10. The molecule has 0 aliphatic carbocycles. The minimum absolute atomic E-state index is 0.172. The first-order chi connectivity index (χ1) is 10.1. The Kier molecular flexibility index (Phi) is 4.11. The van der Waals surface area contributed by atoms with Crippen LogP contribution in [0, 0.1) is 6.92 Å². The summed E-state index contributed by atoms with van der Waals surface area (Å²) in [6.45, 7) is 3.68. The lowest BCUT2D eigenvalue weighted by Crippen LogP contribution is -2.38. The van der Waals surface area contributed by atoms with Gasteiger partial charge in [0.05, 0.1) is 0 Å². The van der Waals surface area contributed by atoms with Crippen molar-refractivity contribution in [3.63, 3.8) is 0 Å². The molecule has 1 aliphatic rings. The van der Waals surface area contributed by atoms with Gasteiger partial charge in [-0.1, -0.05) is 45.8 Å². The molecule has 3 heteroatoms. The summed E-state index contributed by atoms with van der Waals surface area (Å²) in [5, 5.41) is 0. The molecule has 1 amide bonds. The fourth-order valence-electron chi connectivity index (χ4n) is 2.84. The van der Waals surface area contributed by atoms with E-state index in [2.05, 4.69) is 41.1 Å². The van der Waals surface area contributed by atoms with Crippen LogP contribution in [0.2, 0.25) is 0 Å². The number of halogens is 1. The molecule has 2 nitrogen and oxygen atoms in total. The van der Waals surface area contributed by atoms with Crippen LogP contribution in [0.5, 0.6) is 0 Å². The first-order valence-corrected chi connectivity index (χ1v) is 8.06. The number of fused-ring (bicyclic) bond motifs is 1. The largest absolute Gasteiger partial charge is 0.338 e. The van der Waals surface area contributed by atoms with Gasteiger partial charge in [-0.25, -0.2) is 0 Å². The Labute approximate surface area is 133 Å². The van der Waals surface area contributed by atoms with Crippen LogP contribution in [0.25, 0.3) is 0 Å². The number of carbonyl (C=O) groups is 1. The number of benzene rings is 2. The third-order valence-corrected chi connectivity index (χ3v) is 4.48. The van der Waals surface area contributed by atoms with Crippen LogP contribution < -0.4 is 0 Å². The molecule has 0 aromatic heterocycles. The van der Waals surface area contributed by atoms with Crippen molar-refractivity contribution in [1.82, 2.24) is 4.90 Å². The second-order valence-electron chi connectivity index (χ2n) is 5.58. The minimum atomic E-state index is 0.172. The fraction of sp³-hybridized carbons (Fsp3) is 0.278. The minimum Gasteiger partial charge on any atom is -0.338 e. The van der Waals surface area contributed by atoms with Gasteiger partial charge in [-0.15, -0.1) is 0 Å². The zero-order chi connectivity index (χ0) is 14.8. The summed E-state index contributed by atoms with van der Waals surface area (Å²) in [5.74, 6) is 0.172. The third-order valence-electron chi connectivity index (χ3n) is 3.99. The Morgan fingerprint density at radius 2 is 2.05 bits per heavy atom. The second-order valence-corrected chi connectivity index (χ2v) is 6.50. The lowest BCUT2D eigenvalue weighted by Gasteiger charge is -2.29. The summed E-state index contributed by atoms with van der Waals surface area (Å²) in [6, 6.07) is 14.4. The van der Waals surface area contributed by atoms with Gasteiger partial charge in [0, 0.05) is 23.1 Å². The van der Waals surface area contributed by atoms with Crippen LogP contribution in [-0.4, -0.2) is 23.9 Å². The maximum atomic E-state index is 12.5. The van der Waals surface area contributed by atoms with E-state index in [0.717, 1.165) is 36.0 Å². The van der Waals surface area contributed by atoms with Crippen molar-refractivity contribution in [2.45, 2.75) is 19.8 Å². The fourth-order valence-corrected chi connectivity index (χ4v) is 3.28. The second kappa shape index (κ2) is 6.02. The summed E-state index contributed by atoms with van der Waals surface area (Å²) in [5.41, 5.74) is 4.55. The van der Waals surface area contributed by atoms with E-state index in [4.69, 9.17) is 0 Å². The van der Waals surface area contributed by atoms with Gasteiger partial charge >= 0.3 is 0 Å². The van der Waals surface area contributed by atoms with E-state index in [1.54, 1.807) is 0 Å². The van der Waals surface area contributed by atoms with Crippen LogP contribution in [0.15, 0.2) is 46.9 Å². The first-order valence-electron chi connectivity index (χ1n) is 7.27. The molecule has 0 N–H and O–H groups in total. The number of amides is 1. The van der Waals surface area contributed by atoms with E-state index in [0.29, 0.717) is 0 Å². The summed E-state index contributed by atoms with van der Waals surface area (Å²) < 4.78 is 1.09. The predicted octanol–water partition coefficient (Wildman–Crippen LogP) is 4.00. The molecule has 1 heterocycles. The quantitative estimate of drug-likeness (QED) is 0.824. The van der Waals surface area contributed by atoms with Gasteiger partial charge in [0.25, 0.3) is 5.91 Å². The lowest BCUT2D eigenvalue weighted by atomic mass is 9.96. The molecule has 21 heavy (non-hydrogen) atoms. The van der Waals surface area contributed by atoms with Crippen molar-refractivity contribution in [3.05, 3.63) is 69.2 Å². The molecule has 108 valence electrons. The van der Waals surface area contributed by atoms with Crippen LogP contribution >= 0.6 is 15.9 Å². The smallest absolute Gasteiger partial charge is 0.254 e. The highest BCUT2D eigenvalue weighted by Gasteiger charge is 2.23. The van der Waals surface area contributed by atoms with Crippen molar-refractivity contribution in [1.29, 1.82) is 0 Å². The number of hydrogen-bond acceptors (Lipinski definition) is 1. The Morgan fingerprint density at radius 1 is 1.19 bits per heavy atom. The van der Waals surface area contributed by atoms with Crippen molar-refractivity contribution in [2.24, 2.45) is 0 Å². The Morgan fingerprint density at radius 3 is 2.86 bits per heavy atom. The Balaban J connectivity index is 1.71. The topological polar surface area (TPSA) is 20.3 Å². The SMILES string of the molecule is Cc1ccc2c(c1)CCN(CCc1cccc(Br)c1)C2=O. The number of nitrogens with zero attached hydrogens (tertiary/aromatic N) is 1. The monoisotopic (exact) mass is 343 g/mol. The summed E-state index contributed by atoms with van der Waals surface area (Å²) in [4.78, 5) is 14.5. The van der Waals surface area contributed by atoms with E-state index in [1.807, 2.05) is 29.2 Å². The molecular formula is C18H18BrNO. The average molecular weight is 344 g/mol. The zero-order valence-electron chi connectivity index (χ0n) is 12.1. The summed E-state index contributed by atoms with van der Waals surface area (Å²) in [7, 11) is 0. The molecule has 0 fully saturated rings. The zero-order valence-corrected chi connectivity index (χ0v) is 13.7. The molecule has 0 saturated heterocycles. The molecular weight excluding hydrogens is 326 g/mol. The van der Waals surface area contributed by atoms with Gasteiger partial charge in [0.1, 0.15) is 0 Å². The lowest BCUT2D eigenvalue weighted by molar-refractivity contribution is 0.0742. The van der Waals surface area contributed by atoms with Gasteiger partial charge in [0.15, 0.2) is 0 Å². The molecule has 0 saturated carbocycles. The van der Waals surface area contributed by atoms with Crippen molar-refractivity contribution < 1.29 is 4.79 Å². The van der Waals surface area contributed by atoms with Crippen LogP contribution in [0.1, 0.15) is 27.0 Å². The van der Waals surface area contributed by atoms with Crippen LogP contribution in [-0.2, 0) is 12.8 Å². The van der Waals surface area contributed by atoms with Gasteiger partial charge in [0.2, 0.25) is 0 Å². The van der Waals surface area contributed by atoms with Gasteiger partial charge in [-0.2, -0.15) is 0 Å². The molecule has 0 atom stereocenters. The highest BCUT2D eigenvalue weighted by Crippen LogP contribution is 2.21. The third kappa shape index (κ3) is 3.18. The highest BCUT2D eigenvalue weighted by atomic mass is 79.9.